The van der Waals surface area contributed by atoms with Gasteiger partial charge < -0.3 is 25.0 Å². The Morgan fingerprint density at radius 3 is 2.36 bits per heavy atom. The summed E-state index contributed by atoms with van der Waals surface area (Å²) in [7, 11) is 0. The third-order valence-corrected chi connectivity index (χ3v) is 6.78. The molecule has 1 aromatic carbocycles. The number of rotatable bonds is 13. The summed E-state index contributed by atoms with van der Waals surface area (Å²) in [4.78, 5) is 53.9. The smallest absolute Gasteiger partial charge is 0.408 e. The van der Waals surface area contributed by atoms with E-state index in [4.69, 9.17) is 15.9 Å². The highest BCUT2D eigenvalue weighted by molar-refractivity contribution is 7.98. The zero-order valence-corrected chi connectivity index (χ0v) is 24.6. The van der Waals surface area contributed by atoms with Crippen LogP contribution in [0.1, 0.15) is 71.0 Å². The van der Waals surface area contributed by atoms with Gasteiger partial charge >= 0.3 is 12.1 Å². The molecule has 0 heterocycles. The molecule has 0 aromatic heterocycles. The molecule has 1 aliphatic carbocycles. The van der Waals surface area contributed by atoms with Gasteiger partial charge in [-0.2, -0.15) is 11.8 Å². The van der Waals surface area contributed by atoms with Crippen molar-refractivity contribution in [3.8, 4) is 12.3 Å². The summed E-state index contributed by atoms with van der Waals surface area (Å²) in [6.07, 6.45) is 7.84. The highest BCUT2D eigenvalue weighted by Gasteiger charge is 2.48. The number of ether oxygens (including phenoxy) is 2. The third kappa shape index (κ3) is 10.1. The lowest BCUT2D eigenvalue weighted by Crippen LogP contribution is -2.54. The molecule has 4 unspecified atom stereocenters. The number of carbonyl (C=O) groups is 4. The summed E-state index contributed by atoms with van der Waals surface area (Å²) in [5.74, 6) is 2.14. The lowest BCUT2D eigenvalue weighted by Gasteiger charge is -2.35. The normalized spacial score (nSPS) is 17.7. The highest BCUT2D eigenvalue weighted by atomic mass is 32.2. The molecule has 4 atom stereocenters. The molecule has 39 heavy (non-hydrogen) atoms. The van der Waals surface area contributed by atoms with E-state index in [1.807, 2.05) is 13.2 Å². The summed E-state index contributed by atoms with van der Waals surface area (Å²) in [5, 5.41) is 5.53. The maximum absolute atomic E-state index is 14.1. The molecule has 1 fully saturated rings. The minimum atomic E-state index is -0.987. The largest absolute Gasteiger partial charge is 0.466 e. The molecule has 2 rings (SSSR count). The summed E-state index contributed by atoms with van der Waals surface area (Å²) in [5.41, 5.74) is 0.487. The van der Waals surface area contributed by atoms with Crippen LogP contribution < -0.4 is 10.6 Å². The number of amides is 3. The van der Waals surface area contributed by atoms with Gasteiger partial charge in [-0.15, -0.1) is 6.42 Å². The quantitative estimate of drug-likeness (QED) is 0.280. The topological polar surface area (TPSA) is 114 Å². The first-order valence-electron chi connectivity index (χ1n) is 13.2. The van der Waals surface area contributed by atoms with Gasteiger partial charge in [0.15, 0.2) is 0 Å². The van der Waals surface area contributed by atoms with Gasteiger partial charge in [-0.05, 0) is 76.2 Å². The molecule has 0 spiro atoms. The van der Waals surface area contributed by atoms with Crippen LogP contribution in [0.4, 0.5) is 4.79 Å². The summed E-state index contributed by atoms with van der Waals surface area (Å²) < 4.78 is 10.4. The van der Waals surface area contributed by atoms with Crippen molar-refractivity contribution in [2.75, 3.05) is 25.2 Å². The second kappa shape index (κ2) is 14.8. The van der Waals surface area contributed by atoms with Crippen LogP contribution >= 0.6 is 11.8 Å². The van der Waals surface area contributed by atoms with Crippen molar-refractivity contribution in [2.24, 2.45) is 5.92 Å². The van der Waals surface area contributed by atoms with E-state index >= 15 is 0 Å². The molecular formula is C29H41N3O6S. The Kier molecular flexibility index (Phi) is 12.2. The Balaban J connectivity index is 2.42. The van der Waals surface area contributed by atoms with Crippen LogP contribution in [0.25, 0.3) is 0 Å². The Bertz CT molecular complexity index is 1050. The van der Waals surface area contributed by atoms with Crippen molar-refractivity contribution < 1.29 is 28.7 Å². The Morgan fingerprint density at radius 1 is 1.21 bits per heavy atom. The molecule has 2 N–H and O–H groups in total. The van der Waals surface area contributed by atoms with E-state index in [-0.39, 0.29) is 37.4 Å². The fourth-order valence-electron chi connectivity index (χ4n) is 4.11. The molecule has 0 saturated heterocycles. The summed E-state index contributed by atoms with van der Waals surface area (Å²) >= 11 is 1.55. The van der Waals surface area contributed by atoms with Gasteiger partial charge in [0.1, 0.15) is 17.7 Å². The van der Waals surface area contributed by atoms with Crippen LogP contribution in [0.15, 0.2) is 24.3 Å². The van der Waals surface area contributed by atoms with Crippen LogP contribution in [0.2, 0.25) is 0 Å². The molecule has 0 radical (unpaired) electrons. The van der Waals surface area contributed by atoms with Gasteiger partial charge in [-0.3, -0.25) is 14.4 Å². The van der Waals surface area contributed by atoms with Crippen molar-refractivity contribution in [2.45, 2.75) is 77.6 Å². The number of hydrogen-bond acceptors (Lipinski definition) is 7. The fraction of sp³-hybridized carbons (Fsp3) is 0.586. The lowest BCUT2D eigenvalue weighted by molar-refractivity contribution is -0.145. The number of esters is 1. The van der Waals surface area contributed by atoms with E-state index in [0.717, 1.165) is 6.42 Å². The monoisotopic (exact) mass is 559 g/mol. The Hall–Kier alpha value is -3.19. The van der Waals surface area contributed by atoms with E-state index in [9.17, 15) is 19.2 Å². The average molecular weight is 560 g/mol. The first-order chi connectivity index (χ1) is 18.4. The second-order valence-electron chi connectivity index (χ2n) is 10.5. The summed E-state index contributed by atoms with van der Waals surface area (Å²) in [6.45, 7) is 9.29. The van der Waals surface area contributed by atoms with Gasteiger partial charge in [0.05, 0.1) is 13.0 Å². The zero-order valence-electron chi connectivity index (χ0n) is 23.7. The van der Waals surface area contributed by atoms with Crippen LogP contribution in [0, 0.1) is 18.3 Å². The lowest BCUT2D eigenvalue weighted by atomic mass is 10.0. The molecular weight excluding hydrogens is 518 g/mol. The molecule has 0 aliphatic heterocycles. The Labute approximate surface area is 236 Å². The van der Waals surface area contributed by atoms with Crippen molar-refractivity contribution in [1.29, 1.82) is 0 Å². The third-order valence-electron chi connectivity index (χ3n) is 6.13. The van der Waals surface area contributed by atoms with Crippen LogP contribution in [-0.4, -0.2) is 71.6 Å². The van der Waals surface area contributed by atoms with Gasteiger partial charge in [-0.1, -0.05) is 25.0 Å². The van der Waals surface area contributed by atoms with Gasteiger partial charge in [-0.25, -0.2) is 4.79 Å². The first-order valence-corrected chi connectivity index (χ1v) is 14.6. The van der Waals surface area contributed by atoms with Crippen molar-refractivity contribution in [3.63, 3.8) is 0 Å². The molecule has 1 saturated carbocycles. The predicted octanol–water partition coefficient (Wildman–Crippen LogP) is 3.66. The number of terminal acetylenes is 1. The molecule has 10 heteroatoms. The van der Waals surface area contributed by atoms with Crippen molar-refractivity contribution >= 4 is 35.6 Å². The van der Waals surface area contributed by atoms with Crippen LogP contribution in [0.3, 0.4) is 0 Å². The molecule has 214 valence electrons. The SMILES string of the molecule is C#Cc1ccc(C(C(=O)NCCC(=O)OCC)N(C(=O)C(CCSC)NC(=O)OC(C)(C)C)C2CC2C)cc1. The number of hydrogen-bond donors (Lipinski definition) is 2. The number of nitrogens with one attached hydrogen (secondary N) is 2. The first kappa shape index (κ1) is 32.0. The Morgan fingerprint density at radius 2 is 1.85 bits per heavy atom. The average Bonchev–Trinajstić information content (AvgIpc) is 3.59. The molecule has 3 amide bonds. The van der Waals surface area contributed by atoms with E-state index in [2.05, 4.69) is 16.6 Å². The number of nitrogens with zero attached hydrogens (tertiary/aromatic N) is 1. The van der Waals surface area contributed by atoms with E-state index < -0.39 is 35.7 Å². The maximum Gasteiger partial charge on any atom is 0.408 e. The number of alkyl carbamates (subject to hydrolysis) is 1. The van der Waals surface area contributed by atoms with Gasteiger partial charge in [0.25, 0.3) is 0 Å². The number of benzene rings is 1. The van der Waals surface area contributed by atoms with Crippen LogP contribution in [-0.2, 0) is 23.9 Å². The van der Waals surface area contributed by atoms with Gasteiger partial charge in [0.2, 0.25) is 11.8 Å². The molecule has 1 aliphatic rings. The number of thioether (sulfide) groups is 1. The van der Waals surface area contributed by atoms with Gasteiger partial charge in [0, 0.05) is 18.2 Å². The number of carbonyl (C=O) groups excluding carboxylic acids is 4. The van der Waals surface area contributed by atoms with E-state index in [0.29, 0.717) is 23.3 Å². The van der Waals surface area contributed by atoms with Crippen molar-refractivity contribution in [3.05, 3.63) is 35.4 Å². The van der Waals surface area contributed by atoms with E-state index in [1.54, 1.807) is 68.6 Å². The molecule has 0 bridgehead atoms. The standard InChI is InChI=1S/C29H41N3O6S/c1-8-20-10-12-21(13-11-20)25(26(34)30-16-14-24(33)37-9-2)32(23-18-19(23)3)27(35)22(15-17-39-7)31-28(36)38-29(4,5)6/h1,10-13,19,22-23,25H,9,14-18H2,2-7H3,(H,30,34)(H,31,36). The fourth-order valence-corrected chi connectivity index (χ4v) is 4.58. The molecule has 9 nitrogen and oxygen atoms in total. The van der Waals surface area contributed by atoms with Crippen LogP contribution in [0.5, 0.6) is 0 Å². The second-order valence-corrected chi connectivity index (χ2v) is 11.5. The molecule has 1 aromatic rings. The maximum atomic E-state index is 14.1. The minimum Gasteiger partial charge on any atom is -0.466 e. The van der Waals surface area contributed by atoms with E-state index in [1.165, 1.54) is 0 Å². The highest BCUT2D eigenvalue weighted by Crippen LogP contribution is 2.41. The minimum absolute atomic E-state index is 0.00660. The zero-order chi connectivity index (χ0) is 29.2. The summed E-state index contributed by atoms with van der Waals surface area (Å²) in [6, 6.07) is 4.84. The van der Waals surface area contributed by atoms with Crippen molar-refractivity contribution in [1.82, 2.24) is 15.5 Å². The predicted molar refractivity (Wildman–Crippen MR) is 152 cm³/mol.